The Kier molecular flexibility index (Phi) is 42.2. The van der Waals surface area contributed by atoms with Gasteiger partial charge in [-0.3, -0.25) is 9.59 Å². The Morgan fingerprint density at radius 1 is 0.367 bits per heavy atom. The van der Waals surface area contributed by atoms with Crippen molar-refractivity contribution in [2.75, 3.05) is 39.6 Å². The molecule has 6 aliphatic carbocycles. The maximum atomic E-state index is 12.3. The molecule has 10 nitrogen and oxygen atoms in total. The highest BCUT2D eigenvalue weighted by Gasteiger charge is 2.38. The number of aliphatic hydroxyl groups excluding tert-OH is 2. The first-order valence-electron chi connectivity index (χ1n) is 43.4. The number of carbonyl (C=O) groups is 2. The van der Waals surface area contributed by atoms with Crippen molar-refractivity contribution in [3.8, 4) is 34.5 Å². The lowest BCUT2D eigenvalue weighted by Crippen LogP contribution is -2.27. The maximum Gasteiger partial charge on any atom is 0.166 e. The molecule has 0 bridgehead atoms. The quantitative estimate of drug-likeness (QED) is 0.0672. The van der Waals surface area contributed by atoms with Gasteiger partial charge in [0.1, 0.15) is 34.5 Å². The highest BCUT2D eigenvalue weighted by Crippen LogP contribution is 2.51. The molecule has 0 aliphatic heterocycles. The first-order valence-corrected chi connectivity index (χ1v) is 45.8. The largest absolute Gasteiger partial charge is 0.493 e. The van der Waals surface area contributed by atoms with Gasteiger partial charge in [0.05, 0.1) is 70.8 Å². The number of hydrogen-bond donors (Lipinski definition) is 2. The average molecular weight is 1840 g/mol. The number of allylic oxidation sites excluding steroid dienone is 10. The first kappa shape index (κ1) is 108. The van der Waals surface area contributed by atoms with E-state index in [9.17, 15) is 19.8 Å². The number of ether oxygens (including phenoxy) is 6. The standard InChI is InChI=1S/2C19H28O2.C19H26O2.2C16H21BrO.C14H17BrO2.4CH4/c3*1-6-13-9-10-19(4,5)16-12-18(21-8-3)15(11-14(13)16)17(20)7-2;2*1-5-11-7-8-16(3,4)13-10-15(18-6-2)14(17)9-12(11)13;1-4-17-13-8-10-9(7-11(13)15)12(16)5-6-14(10,2)3;;;;/h9,11-12,17,20H,6-8,10H2,1-5H3;6,11-12,17,20H,7-10H2,1-5H3;9,11-12H,6-8,10H2,1-5H3;7,9-10H,5-6,8H2,1-4H3;5,9-10H,6-8H2,1-4H3;7-8H,4-6H2,1-3H3;4*1H4/b;13-6+;;;11-5+;;;;;. The number of aliphatic hydroxyl groups is 2. The fraction of sp³-hybridized carbons (Fsp3) is 0.551. The second-order valence-electron chi connectivity index (χ2n) is 35.2. The molecule has 0 heterocycles. The van der Waals surface area contributed by atoms with Crippen LogP contribution in [0.15, 0.2) is 117 Å². The molecule has 666 valence electrons. The molecule has 120 heavy (non-hydrogen) atoms. The summed E-state index contributed by atoms with van der Waals surface area (Å²) in [5, 5.41) is 20.7. The molecule has 0 saturated heterocycles. The predicted molar refractivity (Wildman–Crippen MR) is 527 cm³/mol. The van der Waals surface area contributed by atoms with Crippen molar-refractivity contribution in [2.45, 2.75) is 351 Å². The van der Waals surface area contributed by atoms with Gasteiger partial charge in [-0.15, -0.1) is 0 Å². The molecular formula is C107H157Br3O10. The summed E-state index contributed by atoms with van der Waals surface area (Å²) in [6, 6.07) is 25.6. The third-order valence-corrected chi connectivity index (χ3v) is 26.2. The van der Waals surface area contributed by atoms with E-state index in [0.717, 1.165) is 140 Å². The van der Waals surface area contributed by atoms with Crippen LogP contribution in [0.3, 0.4) is 0 Å². The fourth-order valence-electron chi connectivity index (χ4n) is 16.9. The lowest BCUT2D eigenvalue weighted by Gasteiger charge is -2.35. The van der Waals surface area contributed by atoms with Gasteiger partial charge < -0.3 is 38.6 Å². The molecular weight excluding hydrogens is 1680 g/mol. The summed E-state index contributed by atoms with van der Waals surface area (Å²) >= 11 is 10.7. The Morgan fingerprint density at radius 3 is 0.967 bits per heavy atom. The van der Waals surface area contributed by atoms with E-state index < -0.39 is 12.2 Å². The smallest absolute Gasteiger partial charge is 0.166 e. The van der Waals surface area contributed by atoms with E-state index in [2.05, 4.69) is 257 Å². The van der Waals surface area contributed by atoms with Gasteiger partial charge >= 0.3 is 0 Å². The van der Waals surface area contributed by atoms with Crippen LogP contribution in [0.4, 0.5) is 0 Å². The highest BCUT2D eigenvalue weighted by atomic mass is 79.9. The van der Waals surface area contributed by atoms with Gasteiger partial charge in [-0.1, -0.05) is 185 Å². The average Bonchev–Trinajstić information content (AvgIpc) is 0.775. The summed E-state index contributed by atoms with van der Waals surface area (Å²) in [7, 11) is 0. The number of fused-ring (bicyclic) bond motifs is 6. The van der Waals surface area contributed by atoms with Crippen LogP contribution in [0, 0.1) is 0 Å². The zero-order valence-corrected chi connectivity index (χ0v) is 80.4. The minimum atomic E-state index is -0.458. The molecule has 6 aliphatic rings. The van der Waals surface area contributed by atoms with E-state index in [1.54, 1.807) is 0 Å². The molecule has 2 atom stereocenters. The van der Waals surface area contributed by atoms with Crippen LogP contribution in [0.5, 0.6) is 34.5 Å². The molecule has 0 amide bonds. The number of benzene rings is 6. The number of rotatable bonds is 21. The van der Waals surface area contributed by atoms with Crippen LogP contribution in [-0.4, -0.2) is 61.4 Å². The molecule has 12 rings (SSSR count). The highest BCUT2D eigenvalue weighted by molar-refractivity contribution is 9.11. The number of hydrogen-bond acceptors (Lipinski definition) is 10. The number of ketones is 2. The lowest BCUT2D eigenvalue weighted by atomic mass is 9.70. The van der Waals surface area contributed by atoms with Gasteiger partial charge in [0.2, 0.25) is 0 Å². The molecule has 0 spiro atoms. The summed E-state index contributed by atoms with van der Waals surface area (Å²) in [5.41, 5.74) is 25.8. The SMILES string of the molecule is C.C.C.C.C/C=C1\CCC(C)(C)c2cc(OCC)c(Br)cc21.C/C=C1\CCC(C)(C)c2cc(OCC)c(C(O)CC)cc21.CCOc1cc2c(cc1Br)C(=O)CCC2(C)C.CCOc1cc2c(cc1Br)C(CC)=CCC2(C)C.CCOc1cc2c(cc1C(=O)CC)C(CC)=CCC2(C)C.CCOc1cc2c(cc1C(O)CC)C(CC)=CCC2(C)C. The van der Waals surface area contributed by atoms with E-state index in [1.807, 2.05) is 74.4 Å². The van der Waals surface area contributed by atoms with Gasteiger partial charge in [0, 0.05) is 29.5 Å². The summed E-state index contributed by atoms with van der Waals surface area (Å²) in [6.45, 7) is 59.8. The van der Waals surface area contributed by atoms with Crippen molar-refractivity contribution in [3.05, 3.63) is 200 Å². The van der Waals surface area contributed by atoms with Gasteiger partial charge in [-0.05, 0) is 381 Å². The van der Waals surface area contributed by atoms with E-state index in [1.165, 1.54) is 89.9 Å². The molecule has 0 saturated carbocycles. The maximum absolute atomic E-state index is 12.3. The number of halogens is 3. The van der Waals surface area contributed by atoms with Crippen LogP contribution in [0.25, 0.3) is 27.9 Å². The molecule has 2 unspecified atom stereocenters. The summed E-state index contributed by atoms with van der Waals surface area (Å²) in [5.74, 6) is 5.57. The molecule has 6 aromatic rings. The van der Waals surface area contributed by atoms with E-state index in [0.29, 0.717) is 65.3 Å². The summed E-state index contributed by atoms with van der Waals surface area (Å²) < 4.78 is 37.3. The minimum absolute atomic E-state index is 0. The molecule has 0 aromatic heterocycles. The predicted octanol–water partition coefficient (Wildman–Crippen LogP) is 32.5. The third-order valence-electron chi connectivity index (χ3n) is 24.4. The zero-order chi connectivity index (χ0) is 86.2. The monoisotopic (exact) mass is 1840 g/mol. The van der Waals surface area contributed by atoms with E-state index >= 15 is 0 Å². The topological polar surface area (TPSA) is 130 Å². The Balaban J connectivity index is 0.000000370. The summed E-state index contributed by atoms with van der Waals surface area (Å²) in [6.07, 6.45) is 25.0. The molecule has 0 fully saturated rings. The summed E-state index contributed by atoms with van der Waals surface area (Å²) in [4.78, 5) is 24.2. The molecule has 0 radical (unpaired) electrons. The normalized spacial score (nSPS) is 17.5. The Hall–Kier alpha value is -6.48. The second-order valence-corrected chi connectivity index (χ2v) is 37.8. The Labute approximate surface area is 754 Å². The van der Waals surface area contributed by atoms with Crippen molar-refractivity contribution in [1.82, 2.24) is 0 Å². The van der Waals surface area contributed by atoms with Crippen LogP contribution in [0.1, 0.15) is 411 Å². The number of carbonyl (C=O) groups excluding carboxylic acids is 2. The van der Waals surface area contributed by atoms with Gasteiger partial charge in [0.25, 0.3) is 0 Å². The molecule has 13 heteroatoms. The van der Waals surface area contributed by atoms with Crippen LogP contribution >= 0.6 is 47.8 Å². The minimum Gasteiger partial charge on any atom is -0.493 e. The van der Waals surface area contributed by atoms with Crippen molar-refractivity contribution in [2.24, 2.45) is 0 Å². The van der Waals surface area contributed by atoms with Crippen LogP contribution in [-0.2, 0) is 32.5 Å². The Morgan fingerprint density at radius 2 is 0.633 bits per heavy atom. The first-order chi connectivity index (χ1) is 54.8. The number of Topliss-reactive ketones (excluding diaryl/α,β-unsaturated/α-hetero) is 2. The van der Waals surface area contributed by atoms with Gasteiger partial charge in [-0.25, -0.2) is 0 Å². The second kappa shape index (κ2) is 47.0. The molecule has 2 N–H and O–H groups in total. The Bertz CT molecular complexity index is 4590. The molecule has 6 aromatic carbocycles. The van der Waals surface area contributed by atoms with E-state index in [-0.39, 0.29) is 73.8 Å². The van der Waals surface area contributed by atoms with Crippen molar-refractivity contribution in [1.29, 1.82) is 0 Å². The van der Waals surface area contributed by atoms with Gasteiger partial charge in [-0.2, -0.15) is 0 Å². The van der Waals surface area contributed by atoms with Crippen molar-refractivity contribution < 1.29 is 48.2 Å². The van der Waals surface area contributed by atoms with Gasteiger partial charge in [0.15, 0.2) is 11.6 Å². The van der Waals surface area contributed by atoms with Crippen LogP contribution < -0.4 is 28.4 Å². The van der Waals surface area contributed by atoms with Crippen molar-refractivity contribution in [3.63, 3.8) is 0 Å². The zero-order valence-electron chi connectivity index (χ0n) is 75.6. The van der Waals surface area contributed by atoms with Crippen molar-refractivity contribution >= 4 is 87.2 Å². The fourth-order valence-corrected chi connectivity index (χ4v) is 18.3. The third kappa shape index (κ3) is 25.4. The van der Waals surface area contributed by atoms with E-state index in [4.69, 9.17) is 28.4 Å². The van der Waals surface area contributed by atoms with Crippen LogP contribution in [0.2, 0.25) is 0 Å². The lowest BCUT2D eigenvalue weighted by molar-refractivity contribution is 0.0954.